The summed E-state index contributed by atoms with van der Waals surface area (Å²) in [5, 5.41) is 8.42. The molecular formula is C11H16O2. The zero-order chi connectivity index (χ0) is 10.1. The Morgan fingerprint density at radius 1 is 1.46 bits per heavy atom. The van der Waals surface area contributed by atoms with Crippen molar-refractivity contribution in [3.05, 3.63) is 36.5 Å². The first-order valence-corrected chi connectivity index (χ1v) is 4.36. The second-order valence-corrected chi connectivity index (χ2v) is 2.72. The number of aliphatic carboxylic acids is 1. The number of hydrogen-bond donors (Lipinski definition) is 1. The third kappa shape index (κ3) is 7.06. The highest BCUT2D eigenvalue weighted by atomic mass is 16.4. The average Bonchev–Trinajstić information content (AvgIpc) is 2.10. The van der Waals surface area contributed by atoms with Gasteiger partial charge in [0, 0.05) is 6.42 Å². The van der Waals surface area contributed by atoms with Crippen LogP contribution in [0.4, 0.5) is 0 Å². The van der Waals surface area contributed by atoms with E-state index in [1.807, 2.05) is 25.2 Å². The Kier molecular flexibility index (Phi) is 6.60. The number of rotatable bonds is 6. The Morgan fingerprint density at radius 3 is 2.62 bits per heavy atom. The van der Waals surface area contributed by atoms with Gasteiger partial charge in [0.2, 0.25) is 0 Å². The van der Waals surface area contributed by atoms with E-state index in [0.717, 1.165) is 12.0 Å². The van der Waals surface area contributed by atoms with Crippen molar-refractivity contribution in [2.45, 2.75) is 26.2 Å². The fourth-order valence-electron chi connectivity index (χ4n) is 0.917. The molecule has 13 heavy (non-hydrogen) atoms. The van der Waals surface area contributed by atoms with Crippen LogP contribution in [-0.2, 0) is 4.79 Å². The molecular weight excluding hydrogens is 164 g/mol. The van der Waals surface area contributed by atoms with Crippen molar-refractivity contribution in [1.82, 2.24) is 0 Å². The highest BCUT2D eigenvalue weighted by molar-refractivity contribution is 5.66. The van der Waals surface area contributed by atoms with E-state index < -0.39 is 5.97 Å². The molecule has 0 radical (unpaired) electrons. The first kappa shape index (κ1) is 11.7. The molecule has 0 rings (SSSR count). The lowest BCUT2D eigenvalue weighted by molar-refractivity contribution is -0.137. The van der Waals surface area contributed by atoms with Crippen LogP contribution in [0.5, 0.6) is 0 Å². The van der Waals surface area contributed by atoms with Crippen LogP contribution < -0.4 is 0 Å². The lowest BCUT2D eigenvalue weighted by Gasteiger charge is -1.98. The molecule has 0 aromatic carbocycles. The standard InChI is InChI=1S/C11H16O2/c1-3-5-7-10(4-2)8-6-9-11(12)13/h3-5,7H,2,6,8-9H2,1H3,(H,12,13)/b5-3+,10-7+. The fraction of sp³-hybridized carbons (Fsp3) is 0.364. The highest BCUT2D eigenvalue weighted by Crippen LogP contribution is 2.08. The number of hydrogen-bond acceptors (Lipinski definition) is 1. The Balaban J connectivity index is 3.85. The Morgan fingerprint density at radius 2 is 2.15 bits per heavy atom. The third-order valence-corrected chi connectivity index (χ3v) is 1.62. The molecule has 0 aliphatic carbocycles. The normalized spacial score (nSPS) is 11.9. The fourth-order valence-corrected chi connectivity index (χ4v) is 0.917. The Hall–Kier alpha value is -1.31. The van der Waals surface area contributed by atoms with Gasteiger partial charge in [-0.05, 0) is 25.3 Å². The van der Waals surface area contributed by atoms with Gasteiger partial charge in [0.25, 0.3) is 0 Å². The van der Waals surface area contributed by atoms with E-state index in [0.29, 0.717) is 6.42 Å². The summed E-state index contributed by atoms with van der Waals surface area (Å²) in [6.07, 6.45) is 9.25. The molecule has 0 aromatic heterocycles. The molecule has 0 saturated carbocycles. The lowest BCUT2D eigenvalue weighted by Crippen LogP contribution is -1.93. The number of allylic oxidation sites excluding steroid dienone is 5. The van der Waals surface area contributed by atoms with Gasteiger partial charge >= 0.3 is 5.97 Å². The number of carbonyl (C=O) groups is 1. The molecule has 0 aromatic rings. The maximum atomic E-state index is 10.2. The van der Waals surface area contributed by atoms with E-state index in [2.05, 4.69) is 6.58 Å². The Bertz CT molecular complexity index is 224. The highest BCUT2D eigenvalue weighted by Gasteiger charge is 1.97. The van der Waals surface area contributed by atoms with Crippen molar-refractivity contribution >= 4 is 5.97 Å². The molecule has 0 heterocycles. The average molecular weight is 180 g/mol. The number of carboxylic acids is 1. The first-order chi connectivity index (χ1) is 6.20. The summed E-state index contributed by atoms with van der Waals surface area (Å²) in [6.45, 7) is 5.60. The molecule has 0 amide bonds. The van der Waals surface area contributed by atoms with Crippen LogP contribution in [0.3, 0.4) is 0 Å². The van der Waals surface area contributed by atoms with E-state index in [9.17, 15) is 4.79 Å². The van der Waals surface area contributed by atoms with E-state index in [1.54, 1.807) is 6.08 Å². The van der Waals surface area contributed by atoms with E-state index >= 15 is 0 Å². The molecule has 0 fully saturated rings. The summed E-state index contributed by atoms with van der Waals surface area (Å²) >= 11 is 0. The summed E-state index contributed by atoms with van der Waals surface area (Å²) in [5.41, 5.74) is 1.08. The van der Waals surface area contributed by atoms with Crippen LogP contribution >= 0.6 is 0 Å². The van der Waals surface area contributed by atoms with Crippen molar-refractivity contribution in [3.8, 4) is 0 Å². The second kappa shape index (κ2) is 7.35. The topological polar surface area (TPSA) is 37.3 Å². The molecule has 0 atom stereocenters. The van der Waals surface area contributed by atoms with Crippen LogP contribution in [-0.4, -0.2) is 11.1 Å². The SMILES string of the molecule is C=C/C(=C\C=C\C)CCCC(=O)O. The van der Waals surface area contributed by atoms with Gasteiger partial charge < -0.3 is 5.11 Å². The monoisotopic (exact) mass is 180 g/mol. The van der Waals surface area contributed by atoms with Crippen molar-refractivity contribution in [3.63, 3.8) is 0 Å². The molecule has 72 valence electrons. The molecule has 0 bridgehead atoms. The van der Waals surface area contributed by atoms with Crippen LogP contribution in [0.15, 0.2) is 36.5 Å². The van der Waals surface area contributed by atoms with Crippen LogP contribution in [0.1, 0.15) is 26.2 Å². The smallest absolute Gasteiger partial charge is 0.303 e. The molecule has 0 aliphatic heterocycles. The summed E-state index contributed by atoms with van der Waals surface area (Å²) in [7, 11) is 0. The maximum absolute atomic E-state index is 10.2. The van der Waals surface area contributed by atoms with E-state index in [4.69, 9.17) is 5.11 Å². The van der Waals surface area contributed by atoms with Crippen LogP contribution in [0.2, 0.25) is 0 Å². The molecule has 0 saturated heterocycles. The summed E-state index contributed by atoms with van der Waals surface area (Å²) < 4.78 is 0. The zero-order valence-electron chi connectivity index (χ0n) is 7.99. The summed E-state index contributed by atoms with van der Waals surface area (Å²) in [5.74, 6) is -0.741. The molecule has 2 nitrogen and oxygen atoms in total. The van der Waals surface area contributed by atoms with Gasteiger partial charge in [-0.15, -0.1) is 0 Å². The minimum absolute atomic E-state index is 0.223. The zero-order valence-corrected chi connectivity index (χ0v) is 7.99. The van der Waals surface area contributed by atoms with Crippen molar-refractivity contribution in [2.24, 2.45) is 0 Å². The van der Waals surface area contributed by atoms with Crippen LogP contribution in [0.25, 0.3) is 0 Å². The van der Waals surface area contributed by atoms with Gasteiger partial charge in [0.15, 0.2) is 0 Å². The Labute approximate surface area is 79.3 Å². The minimum atomic E-state index is -0.741. The van der Waals surface area contributed by atoms with Crippen molar-refractivity contribution in [2.75, 3.05) is 0 Å². The molecule has 1 N–H and O–H groups in total. The van der Waals surface area contributed by atoms with Gasteiger partial charge in [-0.1, -0.05) is 30.9 Å². The molecule has 2 heteroatoms. The van der Waals surface area contributed by atoms with E-state index in [-0.39, 0.29) is 6.42 Å². The maximum Gasteiger partial charge on any atom is 0.303 e. The largest absolute Gasteiger partial charge is 0.481 e. The van der Waals surface area contributed by atoms with Crippen molar-refractivity contribution in [1.29, 1.82) is 0 Å². The quantitative estimate of drug-likeness (QED) is 0.638. The van der Waals surface area contributed by atoms with Gasteiger partial charge in [-0.25, -0.2) is 0 Å². The third-order valence-electron chi connectivity index (χ3n) is 1.62. The molecule has 0 aliphatic rings. The van der Waals surface area contributed by atoms with Crippen LogP contribution in [0, 0.1) is 0 Å². The predicted molar refractivity (Wildman–Crippen MR) is 54.6 cm³/mol. The first-order valence-electron chi connectivity index (χ1n) is 4.36. The lowest BCUT2D eigenvalue weighted by atomic mass is 10.1. The summed E-state index contributed by atoms with van der Waals surface area (Å²) in [4.78, 5) is 10.2. The second-order valence-electron chi connectivity index (χ2n) is 2.72. The van der Waals surface area contributed by atoms with Gasteiger partial charge in [-0.3, -0.25) is 4.79 Å². The predicted octanol–water partition coefficient (Wildman–Crippen LogP) is 2.93. The van der Waals surface area contributed by atoms with Gasteiger partial charge in [-0.2, -0.15) is 0 Å². The molecule has 0 spiro atoms. The van der Waals surface area contributed by atoms with Gasteiger partial charge in [0.05, 0.1) is 0 Å². The number of carboxylic acid groups (broad SMARTS) is 1. The minimum Gasteiger partial charge on any atom is -0.481 e. The summed E-state index contributed by atoms with van der Waals surface area (Å²) in [6, 6.07) is 0. The van der Waals surface area contributed by atoms with Gasteiger partial charge in [0.1, 0.15) is 0 Å². The molecule has 0 unspecified atom stereocenters. The van der Waals surface area contributed by atoms with E-state index in [1.165, 1.54) is 0 Å². The van der Waals surface area contributed by atoms with Crippen molar-refractivity contribution < 1.29 is 9.90 Å².